The zero-order valence-corrected chi connectivity index (χ0v) is 13.8. The van der Waals surface area contributed by atoms with Gasteiger partial charge in [0.15, 0.2) is 6.61 Å². The van der Waals surface area contributed by atoms with Gasteiger partial charge in [0.2, 0.25) is 0 Å². The second-order valence-electron chi connectivity index (χ2n) is 4.11. The third-order valence-corrected chi connectivity index (χ3v) is 3.44. The second-order valence-corrected chi connectivity index (χ2v) is 5.80. The summed E-state index contributed by atoms with van der Waals surface area (Å²) >= 11 is 7.97. The van der Waals surface area contributed by atoms with Crippen molar-refractivity contribution in [2.45, 2.75) is 0 Å². The summed E-state index contributed by atoms with van der Waals surface area (Å²) in [5.74, 6) is -0.260. The summed E-state index contributed by atoms with van der Waals surface area (Å²) in [5.41, 5.74) is 1.57. The first-order valence-electron chi connectivity index (χ1n) is 6.10. The molecular formula is C15H12ClIN2O2. The number of amides is 1. The van der Waals surface area contributed by atoms with Gasteiger partial charge in [0.25, 0.3) is 5.91 Å². The highest BCUT2D eigenvalue weighted by Gasteiger charge is 2.02. The summed E-state index contributed by atoms with van der Waals surface area (Å²) in [6, 6.07) is 14.6. The molecule has 2 rings (SSSR count). The minimum Gasteiger partial charge on any atom is -0.386 e. The van der Waals surface area contributed by atoms with Crippen LogP contribution in [0.2, 0.25) is 5.02 Å². The molecule has 2 aromatic rings. The Labute approximate surface area is 141 Å². The molecule has 0 saturated heterocycles. The molecule has 2 aromatic carbocycles. The van der Waals surface area contributed by atoms with Gasteiger partial charge in [-0.25, -0.2) is 0 Å². The molecule has 0 heterocycles. The Balaban J connectivity index is 1.76. The first-order chi connectivity index (χ1) is 10.1. The van der Waals surface area contributed by atoms with Crippen molar-refractivity contribution in [2.24, 2.45) is 5.16 Å². The summed E-state index contributed by atoms with van der Waals surface area (Å²) in [4.78, 5) is 16.6. The van der Waals surface area contributed by atoms with Crippen molar-refractivity contribution >= 4 is 52.0 Å². The zero-order chi connectivity index (χ0) is 15.1. The highest BCUT2D eigenvalue weighted by atomic mass is 127. The number of oxime groups is 1. The van der Waals surface area contributed by atoms with E-state index in [-0.39, 0.29) is 12.5 Å². The minimum atomic E-state index is -0.260. The topological polar surface area (TPSA) is 50.7 Å². The Morgan fingerprint density at radius 3 is 2.52 bits per heavy atom. The third-order valence-electron chi connectivity index (χ3n) is 2.47. The van der Waals surface area contributed by atoms with Crippen LogP contribution in [0.25, 0.3) is 0 Å². The molecule has 0 unspecified atom stereocenters. The van der Waals surface area contributed by atoms with E-state index in [9.17, 15) is 4.79 Å². The molecule has 1 N–H and O–H groups in total. The number of carbonyl (C=O) groups excluding carboxylic acids is 1. The average molecular weight is 415 g/mol. The highest BCUT2D eigenvalue weighted by Crippen LogP contribution is 2.11. The van der Waals surface area contributed by atoms with Crippen molar-refractivity contribution in [3.8, 4) is 0 Å². The monoisotopic (exact) mass is 414 g/mol. The van der Waals surface area contributed by atoms with Crippen LogP contribution in [0.4, 0.5) is 5.69 Å². The fourth-order valence-corrected chi connectivity index (χ4v) is 1.96. The van der Waals surface area contributed by atoms with E-state index in [4.69, 9.17) is 16.4 Å². The van der Waals surface area contributed by atoms with Crippen LogP contribution in [0.15, 0.2) is 53.7 Å². The van der Waals surface area contributed by atoms with E-state index in [0.29, 0.717) is 5.02 Å². The maximum absolute atomic E-state index is 11.6. The number of rotatable bonds is 5. The van der Waals surface area contributed by atoms with E-state index >= 15 is 0 Å². The predicted octanol–water partition coefficient (Wildman–Crippen LogP) is 3.93. The number of anilines is 1. The van der Waals surface area contributed by atoms with E-state index < -0.39 is 0 Å². The lowest BCUT2D eigenvalue weighted by molar-refractivity contribution is -0.120. The van der Waals surface area contributed by atoms with Crippen LogP contribution >= 0.6 is 34.2 Å². The van der Waals surface area contributed by atoms with Gasteiger partial charge in [-0.1, -0.05) is 28.9 Å². The SMILES string of the molecule is O=C(CO/N=C/c1ccc(Cl)cc1)Nc1ccc(I)cc1. The highest BCUT2D eigenvalue weighted by molar-refractivity contribution is 14.1. The van der Waals surface area contributed by atoms with Crippen molar-refractivity contribution in [3.05, 3.63) is 62.7 Å². The van der Waals surface area contributed by atoms with Crippen molar-refractivity contribution in [2.75, 3.05) is 11.9 Å². The van der Waals surface area contributed by atoms with E-state index in [0.717, 1.165) is 14.8 Å². The second kappa shape index (κ2) is 7.99. The minimum absolute atomic E-state index is 0.143. The summed E-state index contributed by atoms with van der Waals surface area (Å²) in [7, 11) is 0. The van der Waals surface area contributed by atoms with Gasteiger partial charge in [-0.2, -0.15) is 0 Å². The number of halogens is 2. The molecule has 0 saturated carbocycles. The third kappa shape index (κ3) is 5.73. The van der Waals surface area contributed by atoms with Crippen molar-refractivity contribution in [3.63, 3.8) is 0 Å². The fourth-order valence-electron chi connectivity index (χ4n) is 1.47. The lowest BCUT2D eigenvalue weighted by Crippen LogP contribution is -2.16. The van der Waals surface area contributed by atoms with Gasteiger partial charge in [-0.05, 0) is 64.6 Å². The predicted molar refractivity (Wildman–Crippen MR) is 92.8 cm³/mol. The first-order valence-corrected chi connectivity index (χ1v) is 7.55. The quantitative estimate of drug-likeness (QED) is 0.458. The van der Waals surface area contributed by atoms with Gasteiger partial charge in [0.1, 0.15) is 0 Å². The molecule has 0 aromatic heterocycles. The maximum atomic E-state index is 11.6. The van der Waals surface area contributed by atoms with Crippen LogP contribution in [0, 0.1) is 3.57 Å². The van der Waals surface area contributed by atoms with Crippen LogP contribution in [-0.2, 0) is 9.63 Å². The molecule has 0 spiro atoms. The Bertz CT molecular complexity index is 627. The summed E-state index contributed by atoms with van der Waals surface area (Å²) < 4.78 is 1.11. The first kappa shape index (κ1) is 15.8. The summed E-state index contributed by atoms with van der Waals surface area (Å²) in [6.45, 7) is -0.143. The Morgan fingerprint density at radius 1 is 1.19 bits per heavy atom. The number of hydrogen-bond donors (Lipinski definition) is 1. The normalized spacial score (nSPS) is 10.6. The summed E-state index contributed by atoms with van der Waals surface area (Å²) in [5, 5.41) is 7.11. The van der Waals surface area contributed by atoms with Crippen LogP contribution in [-0.4, -0.2) is 18.7 Å². The van der Waals surface area contributed by atoms with Crippen molar-refractivity contribution in [1.29, 1.82) is 0 Å². The molecule has 0 aliphatic carbocycles. The summed E-state index contributed by atoms with van der Waals surface area (Å²) in [6.07, 6.45) is 1.52. The largest absolute Gasteiger partial charge is 0.386 e. The van der Waals surface area contributed by atoms with E-state index in [1.54, 1.807) is 24.3 Å². The fraction of sp³-hybridized carbons (Fsp3) is 0.0667. The number of benzene rings is 2. The molecule has 21 heavy (non-hydrogen) atoms. The van der Waals surface area contributed by atoms with Gasteiger partial charge in [0.05, 0.1) is 6.21 Å². The number of nitrogens with one attached hydrogen (secondary N) is 1. The average Bonchev–Trinajstić information content (AvgIpc) is 2.48. The molecular weight excluding hydrogens is 403 g/mol. The van der Waals surface area contributed by atoms with Crippen LogP contribution in [0.1, 0.15) is 5.56 Å². The molecule has 0 radical (unpaired) electrons. The number of carbonyl (C=O) groups is 1. The lowest BCUT2D eigenvalue weighted by atomic mass is 10.2. The zero-order valence-electron chi connectivity index (χ0n) is 10.9. The van der Waals surface area contributed by atoms with E-state index in [1.807, 2.05) is 24.3 Å². The molecule has 6 heteroatoms. The van der Waals surface area contributed by atoms with E-state index in [2.05, 4.69) is 33.1 Å². The Morgan fingerprint density at radius 2 is 1.86 bits per heavy atom. The standard InChI is InChI=1S/C15H12ClIN2O2/c16-12-3-1-11(2-4-12)9-18-21-10-15(20)19-14-7-5-13(17)6-8-14/h1-9H,10H2,(H,19,20)/b18-9+. The van der Waals surface area contributed by atoms with Crippen molar-refractivity contribution < 1.29 is 9.63 Å². The number of nitrogens with zero attached hydrogens (tertiary/aromatic N) is 1. The molecule has 108 valence electrons. The number of hydrogen-bond acceptors (Lipinski definition) is 3. The van der Waals surface area contributed by atoms with Crippen LogP contribution in [0.3, 0.4) is 0 Å². The lowest BCUT2D eigenvalue weighted by Gasteiger charge is -2.04. The molecule has 0 atom stereocenters. The van der Waals surface area contributed by atoms with Crippen LogP contribution in [0.5, 0.6) is 0 Å². The Hall–Kier alpha value is -1.60. The molecule has 0 aliphatic heterocycles. The maximum Gasteiger partial charge on any atom is 0.265 e. The molecule has 4 nitrogen and oxygen atoms in total. The van der Waals surface area contributed by atoms with Crippen molar-refractivity contribution in [1.82, 2.24) is 0 Å². The van der Waals surface area contributed by atoms with E-state index in [1.165, 1.54) is 6.21 Å². The van der Waals surface area contributed by atoms with Gasteiger partial charge in [-0.15, -0.1) is 0 Å². The smallest absolute Gasteiger partial charge is 0.265 e. The Kier molecular flexibility index (Phi) is 6.01. The molecule has 0 aliphatic rings. The van der Waals surface area contributed by atoms with Gasteiger partial charge in [-0.3, -0.25) is 4.79 Å². The van der Waals surface area contributed by atoms with Gasteiger partial charge >= 0.3 is 0 Å². The van der Waals surface area contributed by atoms with Crippen LogP contribution < -0.4 is 5.32 Å². The molecule has 0 fully saturated rings. The molecule has 0 bridgehead atoms. The van der Waals surface area contributed by atoms with Gasteiger partial charge in [0, 0.05) is 14.3 Å². The van der Waals surface area contributed by atoms with Gasteiger partial charge < -0.3 is 10.2 Å². The molecule has 1 amide bonds.